The summed E-state index contributed by atoms with van der Waals surface area (Å²) in [6.07, 6.45) is 1.68. The Labute approximate surface area is 96.7 Å². The van der Waals surface area contributed by atoms with Crippen molar-refractivity contribution in [3.63, 3.8) is 0 Å². The number of likely N-dealkylation sites (N-methyl/N-ethyl adjacent to an activating group) is 1. The summed E-state index contributed by atoms with van der Waals surface area (Å²) >= 11 is 0. The van der Waals surface area contributed by atoms with E-state index in [0.717, 1.165) is 25.2 Å². The first-order chi connectivity index (χ1) is 7.61. The molecule has 0 aliphatic rings. The van der Waals surface area contributed by atoms with Crippen LogP contribution in [0, 0.1) is 0 Å². The Morgan fingerprint density at radius 1 is 1.56 bits per heavy atom. The van der Waals surface area contributed by atoms with Crippen molar-refractivity contribution < 1.29 is 0 Å². The van der Waals surface area contributed by atoms with Gasteiger partial charge < -0.3 is 15.2 Å². The van der Waals surface area contributed by atoms with Crippen molar-refractivity contribution in [1.82, 2.24) is 15.2 Å². The van der Waals surface area contributed by atoms with E-state index in [1.165, 1.54) is 0 Å². The van der Waals surface area contributed by atoms with Crippen molar-refractivity contribution in [3.8, 4) is 0 Å². The molecule has 0 aromatic carbocycles. The van der Waals surface area contributed by atoms with Gasteiger partial charge in [0.2, 0.25) is 5.56 Å². The molecule has 0 bridgehead atoms. The Bertz CT molecular complexity index is 361. The minimum absolute atomic E-state index is 0.0439. The van der Waals surface area contributed by atoms with Gasteiger partial charge in [-0.25, -0.2) is 0 Å². The molecule has 1 atom stereocenters. The van der Waals surface area contributed by atoms with Gasteiger partial charge in [0.25, 0.3) is 0 Å². The minimum Gasteiger partial charge on any atom is -0.329 e. The molecular formula is C12H21N3O. The smallest absolute Gasteiger partial charge is 0.248 e. The molecule has 2 N–H and O–H groups in total. The Kier molecular flexibility index (Phi) is 5.22. The number of nitrogens with zero attached hydrogens (tertiary/aromatic N) is 1. The number of H-pyrrole nitrogens is 1. The molecule has 1 rings (SSSR count). The highest BCUT2D eigenvalue weighted by Gasteiger charge is 2.04. The van der Waals surface area contributed by atoms with Crippen LogP contribution in [0.3, 0.4) is 0 Å². The first-order valence-electron chi connectivity index (χ1n) is 5.71. The first kappa shape index (κ1) is 12.9. The molecule has 4 heteroatoms. The summed E-state index contributed by atoms with van der Waals surface area (Å²) in [6.45, 7) is 7.10. The summed E-state index contributed by atoms with van der Waals surface area (Å²) in [5, 5.41) is 3.40. The SMILES string of the molecule is CCN(C)CC(C)NCc1cc[nH]c(=O)c1. The summed E-state index contributed by atoms with van der Waals surface area (Å²) in [6, 6.07) is 3.97. The van der Waals surface area contributed by atoms with Crippen LogP contribution in [0.25, 0.3) is 0 Å². The molecule has 0 aliphatic carbocycles. The first-order valence-corrected chi connectivity index (χ1v) is 5.71. The van der Waals surface area contributed by atoms with Crippen molar-refractivity contribution in [2.45, 2.75) is 26.4 Å². The largest absolute Gasteiger partial charge is 0.329 e. The number of aromatic amines is 1. The molecule has 0 spiro atoms. The molecule has 0 amide bonds. The van der Waals surface area contributed by atoms with Crippen LogP contribution in [0.1, 0.15) is 19.4 Å². The molecule has 4 nitrogen and oxygen atoms in total. The topological polar surface area (TPSA) is 48.1 Å². The lowest BCUT2D eigenvalue weighted by molar-refractivity contribution is 0.309. The summed E-state index contributed by atoms with van der Waals surface area (Å²) < 4.78 is 0. The Hall–Kier alpha value is -1.13. The molecule has 0 aliphatic heterocycles. The van der Waals surface area contributed by atoms with E-state index in [0.29, 0.717) is 6.04 Å². The number of rotatable bonds is 6. The van der Waals surface area contributed by atoms with E-state index in [-0.39, 0.29) is 5.56 Å². The van der Waals surface area contributed by atoms with Crippen molar-refractivity contribution in [1.29, 1.82) is 0 Å². The van der Waals surface area contributed by atoms with Crippen LogP contribution in [0.5, 0.6) is 0 Å². The molecule has 0 saturated carbocycles. The number of hydrogen-bond acceptors (Lipinski definition) is 3. The molecule has 0 radical (unpaired) electrons. The van der Waals surface area contributed by atoms with Crippen molar-refractivity contribution in [3.05, 3.63) is 34.2 Å². The third-order valence-electron chi connectivity index (χ3n) is 2.62. The van der Waals surface area contributed by atoms with Gasteiger partial charge in [0.1, 0.15) is 0 Å². The van der Waals surface area contributed by atoms with Crippen LogP contribution in [0.15, 0.2) is 23.1 Å². The van der Waals surface area contributed by atoms with Gasteiger partial charge in [-0.3, -0.25) is 4.79 Å². The Balaban J connectivity index is 2.37. The second-order valence-electron chi connectivity index (χ2n) is 4.20. The normalized spacial score (nSPS) is 13.0. The highest BCUT2D eigenvalue weighted by Crippen LogP contribution is 1.94. The van der Waals surface area contributed by atoms with E-state index < -0.39 is 0 Å². The second kappa shape index (κ2) is 6.45. The molecule has 16 heavy (non-hydrogen) atoms. The van der Waals surface area contributed by atoms with Crippen LogP contribution in [-0.4, -0.2) is 36.1 Å². The van der Waals surface area contributed by atoms with E-state index in [1.807, 2.05) is 6.07 Å². The van der Waals surface area contributed by atoms with E-state index in [2.05, 4.69) is 36.1 Å². The number of hydrogen-bond donors (Lipinski definition) is 2. The summed E-state index contributed by atoms with van der Waals surface area (Å²) in [4.78, 5) is 15.9. The zero-order valence-corrected chi connectivity index (χ0v) is 10.3. The maximum absolute atomic E-state index is 11.1. The lowest BCUT2D eigenvalue weighted by atomic mass is 10.2. The fraction of sp³-hybridized carbons (Fsp3) is 0.583. The van der Waals surface area contributed by atoms with Crippen LogP contribution in [-0.2, 0) is 6.54 Å². The molecule has 1 heterocycles. The highest BCUT2D eigenvalue weighted by molar-refractivity contribution is 5.09. The number of aromatic nitrogens is 1. The number of pyridine rings is 1. The molecule has 90 valence electrons. The van der Waals surface area contributed by atoms with Gasteiger partial charge in [-0.15, -0.1) is 0 Å². The third kappa shape index (κ3) is 4.59. The van der Waals surface area contributed by atoms with Gasteiger partial charge >= 0.3 is 0 Å². The van der Waals surface area contributed by atoms with Crippen molar-refractivity contribution >= 4 is 0 Å². The van der Waals surface area contributed by atoms with Gasteiger partial charge in [-0.05, 0) is 32.1 Å². The molecule has 1 aromatic rings. The van der Waals surface area contributed by atoms with E-state index in [9.17, 15) is 4.79 Å². The maximum atomic E-state index is 11.1. The summed E-state index contributed by atoms with van der Waals surface area (Å²) in [7, 11) is 2.10. The Morgan fingerprint density at radius 2 is 2.31 bits per heavy atom. The second-order valence-corrected chi connectivity index (χ2v) is 4.20. The molecule has 0 saturated heterocycles. The lowest BCUT2D eigenvalue weighted by Crippen LogP contribution is -2.37. The predicted molar refractivity (Wildman–Crippen MR) is 66.5 cm³/mol. The fourth-order valence-corrected chi connectivity index (χ4v) is 1.55. The van der Waals surface area contributed by atoms with Gasteiger partial charge in [-0.1, -0.05) is 6.92 Å². The average Bonchev–Trinajstić information content (AvgIpc) is 2.26. The minimum atomic E-state index is -0.0439. The molecule has 0 fully saturated rings. The van der Waals surface area contributed by atoms with Crippen molar-refractivity contribution in [2.24, 2.45) is 0 Å². The van der Waals surface area contributed by atoms with E-state index in [4.69, 9.17) is 0 Å². The van der Waals surface area contributed by atoms with Crippen LogP contribution >= 0.6 is 0 Å². The number of nitrogens with one attached hydrogen (secondary N) is 2. The standard InChI is InChI=1S/C12H21N3O/c1-4-15(3)9-10(2)14-8-11-5-6-13-12(16)7-11/h5-7,10,14H,4,8-9H2,1-3H3,(H,13,16). The van der Waals surface area contributed by atoms with Gasteiger partial charge in [0.05, 0.1) is 0 Å². The van der Waals surface area contributed by atoms with Crippen LogP contribution in [0.2, 0.25) is 0 Å². The molecule has 1 unspecified atom stereocenters. The average molecular weight is 223 g/mol. The van der Waals surface area contributed by atoms with Gasteiger partial charge in [0, 0.05) is 31.4 Å². The van der Waals surface area contributed by atoms with Crippen molar-refractivity contribution in [2.75, 3.05) is 20.1 Å². The highest BCUT2D eigenvalue weighted by atomic mass is 16.1. The fourth-order valence-electron chi connectivity index (χ4n) is 1.55. The summed E-state index contributed by atoms with van der Waals surface area (Å²) in [5.74, 6) is 0. The van der Waals surface area contributed by atoms with Gasteiger partial charge in [-0.2, -0.15) is 0 Å². The molecule has 1 aromatic heterocycles. The van der Waals surface area contributed by atoms with Gasteiger partial charge in [0.15, 0.2) is 0 Å². The maximum Gasteiger partial charge on any atom is 0.248 e. The zero-order valence-electron chi connectivity index (χ0n) is 10.3. The summed E-state index contributed by atoms with van der Waals surface area (Å²) in [5.41, 5.74) is 0.979. The third-order valence-corrected chi connectivity index (χ3v) is 2.62. The van der Waals surface area contributed by atoms with E-state index in [1.54, 1.807) is 12.3 Å². The quantitative estimate of drug-likeness (QED) is 0.750. The molecular weight excluding hydrogens is 202 g/mol. The predicted octanol–water partition coefficient (Wildman–Crippen LogP) is 0.805. The van der Waals surface area contributed by atoms with Crippen LogP contribution in [0.4, 0.5) is 0 Å². The Morgan fingerprint density at radius 3 is 2.94 bits per heavy atom. The monoisotopic (exact) mass is 223 g/mol. The van der Waals surface area contributed by atoms with E-state index >= 15 is 0 Å². The van der Waals surface area contributed by atoms with Crippen LogP contribution < -0.4 is 10.9 Å². The lowest BCUT2D eigenvalue weighted by Gasteiger charge is -2.20. The zero-order chi connectivity index (χ0) is 12.0.